The number of hydrogen-bond donors (Lipinski definition) is 3. The Hall–Kier alpha value is -1.81. The number of benzene rings is 1. The number of H-pyrrole nitrogens is 1. The molecule has 1 fully saturated rings. The molecule has 4 N–H and O–H groups in total. The maximum atomic E-state index is 12.3. The minimum atomic E-state index is -0.0367. The van der Waals surface area contributed by atoms with Gasteiger partial charge in [0.15, 0.2) is 0 Å². The van der Waals surface area contributed by atoms with Crippen molar-refractivity contribution in [3.63, 3.8) is 0 Å². The molecule has 2 atom stereocenters. The van der Waals surface area contributed by atoms with Gasteiger partial charge in [-0.15, -0.1) is 0 Å². The van der Waals surface area contributed by atoms with Crippen molar-refractivity contribution in [2.45, 2.75) is 31.3 Å². The molecule has 0 saturated heterocycles. The van der Waals surface area contributed by atoms with E-state index in [1.165, 1.54) is 0 Å². The monoisotopic (exact) mass is 243 g/mol. The predicted molar refractivity (Wildman–Crippen MR) is 71.4 cm³/mol. The Labute approximate surface area is 106 Å². The van der Waals surface area contributed by atoms with Crippen molar-refractivity contribution in [3.05, 3.63) is 36.0 Å². The first-order valence-corrected chi connectivity index (χ1v) is 6.38. The van der Waals surface area contributed by atoms with Crippen molar-refractivity contribution < 1.29 is 4.79 Å². The Morgan fingerprint density at radius 1 is 1.33 bits per heavy atom. The molecule has 1 aliphatic carbocycles. The van der Waals surface area contributed by atoms with Gasteiger partial charge in [0, 0.05) is 23.7 Å². The van der Waals surface area contributed by atoms with Crippen molar-refractivity contribution in [3.8, 4) is 0 Å². The summed E-state index contributed by atoms with van der Waals surface area (Å²) in [5.74, 6) is -0.0367. The number of amides is 1. The van der Waals surface area contributed by atoms with Crippen molar-refractivity contribution in [2.24, 2.45) is 5.73 Å². The summed E-state index contributed by atoms with van der Waals surface area (Å²) in [6.45, 7) is 0. The van der Waals surface area contributed by atoms with Gasteiger partial charge >= 0.3 is 0 Å². The largest absolute Gasteiger partial charge is 0.361 e. The zero-order valence-electron chi connectivity index (χ0n) is 10.1. The highest BCUT2D eigenvalue weighted by molar-refractivity contribution is 6.05. The molecular formula is C14H17N3O. The van der Waals surface area contributed by atoms with Crippen LogP contribution in [0.1, 0.15) is 29.6 Å². The van der Waals surface area contributed by atoms with Crippen LogP contribution >= 0.6 is 0 Å². The molecule has 2 aromatic rings. The van der Waals surface area contributed by atoms with Gasteiger partial charge in [0.2, 0.25) is 0 Å². The minimum Gasteiger partial charge on any atom is -0.361 e. The van der Waals surface area contributed by atoms with Gasteiger partial charge in [-0.25, -0.2) is 0 Å². The first kappa shape index (κ1) is 11.3. The Balaban J connectivity index is 1.85. The lowest BCUT2D eigenvalue weighted by atomic mass is 10.1. The molecule has 1 saturated carbocycles. The molecular weight excluding hydrogens is 226 g/mol. The summed E-state index contributed by atoms with van der Waals surface area (Å²) in [5.41, 5.74) is 7.56. The van der Waals surface area contributed by atoms with Gasteiger partial charge in [0.05, 0.1) is 11.1 Å². The normalized spacial score (nSPS) is 23.4. The zero-order chi connectivity index (χ0) is 12.5. The molecule has 94 valence electrons. The van der Waals surface area contributed by atoms with Crippen molar-refractivity contribution in [2.75, 3.05) is 0 Å². The number of carbonyl (C=O) groups is 1. The lowest BCUT2D eigenvalue weighted by Crippen LogP contribution is -2.44. The first-order valence-electron chi connectivity index (χ1n) is 6.38. The van der Waals surface area contributed by atoms with Gasteiger partial charge < -0.3 is 16.0 Å². The quantitative estimate of drug-likeness (QED) is 0.752. The van der Waals surface area contributed by atoms with Gasteiger partial charge in [-0.2, -0.15) is 0 Å². The van der Waals surface area contributed by atoms with Crippen LogP contribution in [0.15, 0.2) is 30.5 Å². The highest BCUT2D eigenvalue weighted by atomic mass is 16.1. The Morgan fingerprint density at radius 3 is 3.00 bits per heavy atom. The molecule has 1 aliphatic rings. The average molecular weight is 243 g/mol. The van der Waals surface area contributed by atoms with E-state index in [4.69, 9.17) is 5.73 Å². The third-order valence-electron chi connectivity index (χ3n) is 3.72. The summed E-state index contributed by atoms with van der Waals surface area (Å²) in [5, 5.41) is 4.10. The van der Waals surface area contributed by atoms with E-state index in [0.717, 1.165) is 30.2 Å². The SMILES string of the molecule is NC1CCCC1NC(=O)c1cccc2cc[nH]c12. The molecule has 0 radical (unpaired) electrons. The predicted octanol–water partition coefficient (Wildman–Crippen LogP) is 1.78. The zero-order valence-corrected chi connectivity index (χ0v) is 10.1. The third kappa shape index (κ3) is 1.88. The smallest absolute Gasteiger partial charge is 0.253 e. The van der Waals surface area contributed by atoms with Crippen LogP contribution in [0.2, 0.25) is 0 Å². The van der Waals surface area contributed by atoms with Crippen LogP contribution in [0.4, 0.5) is 0 Å². The van der Waals surface area contributed by atoms with Crippen LogP contribution < -0.4 is 11.1 Å². The molecule has 3 rings (SSSR count). The van der Waals surface area contributed by atoms with Crippen LogP contribution in [0.5, 0.6) is 0 Å². The third-order valence-corrected chi connectivity index (χ3v) is 3.72. The van der Waals surface area contributed by atoms with Crippen molar-refractivity contribution >= 4 is 16.8 Å². The van der Waals surface area contributed by atoms with E-state index in [2.05, 4.69) is 10.3 Å². The van der Waals surface area contributed by atoms with E-state index < -0.39 is 0 Å². The lowest BCUT2D eigenvalue weighted by molar-refractivity contribution is 0.0936. The second-order valence-corrected chi connectivity index (χ2v) is 4.92. The summed E-state index contributed by atoms with van der Waals surface area (Å²) >= 11 is 0. The first-order chi connectivity index (χ1) is 8.75. The number of nitrogens with one attached hydrogen (secondary N) is 2. The summed E-state index contributed by atoms with van der Waals surface area (Å²) in [4.78, 5) is 15.4. The molecule has 0 aliphatic heterocycles. The van der Waals surface area contributed by atoms with Gasteiger partial charge in [-0.1, -0.05) is 12.1 Å². The number of para-hydroxylation sites is 1. The highest BCUT2D eigenvalue weighted by Crippen LogP contribution is 2.20. The van der Waals surface area contributed by atoms with Crippen LogP contribution in [-0.4, -0.2) is 23.0 Å². The molecule has 2 unspecified atom stereocenters. The van der Waals surface area contributed by atoms with Gasteiger partial charge in [-0.05, 0) is 31.4 Å². The van der Waals surface area contributed by atoms with E-state index in [9.17, 15) is 4.79 Å². The number of aromatic nitrogens is 1. The van der Waals surface area contributed by atoms with E-state index in [1.54, 1.807) is 0 Å². The number of hydrogen-bond acceptors (Lipinski definition) is 2. The number of fused-ring (bicyclic) bond motifs is 1. The molecule has 18 heavy (non-hydrogen) atoms. The summed E-state index contributed by atoms with van der Waals surface area (Å²) in [6, 6.07) is 7.91. The number of rotatable bonds is 2. The van der Waals surface area contributed by atoms with Gasteiger partial charge in [0.25, 0.3) is 5.91 Å². The van der Waals surface area contributed by atoms with E-state index in [1.807, 2.05) is 30.5 Å². The summed E-state index contributed by atoms with van der Waals surface area (Å²) in [7, 11) is 0. The second-order valence-electron chi connectivity index (χ2n) is 4.92. The summed E-state index contributed by atoms with van der Waals surface area (Å²) in [6.07, 6.45) is 4.92. The Morgan fingerprint density at radius 2 is 2.22 bits per heavy atom. The molecule has 1 amide bonds. The molecule has 4 heteroatoms. The molecule has 0 bridgehead atoms. The Bertz CT molecular complexity index is 575. The maximum absolute atomic E-state index is 12.3. The van der Waals surface area contributed by atoms with Crippen LogP contribution in [0, 0.1) is 0 Å². The Kier molecular flexibility index (Phi) is 2.80. The number of nitrogens with two attached hydrogens (primary N) is 1. The number of aromatic amines is 1. The lowest BCUT2D eigenvalue weighted by Gasteiger charge is -2.17. The summed E-state index contributed by atoms with van der Waals surface area (Å²) < 4.78 is 0. The molecule has 1 aromatic carbocycles. The molecule has 4 nitrogen and oxygen atoms in total. The van der Waals surface area contributed by atoms with Crippen LogP contribution in [0.25, 0.3) is 10.9 Å². The van der Waals surface area contributed by atoms with Crippen molar-refractivity contribution in [1.82, 2.24) is 10.3 Å². The van der Waals surface area contributed by atoms with E-state index in [-0.39, 0.29) is 18.0 Å². The molecule has 1 aromatic heterocycles. The minimum absolute atomic E-state index is 0.0367. The molecule has 1 heterocycles. The van der Waals surface area contributed by atoms with E-state index >= 15 is 0 Å². The van der Waals surface area contributed by atoms with Gasteiger partial charge in [-0.3, -0.25) is 4.79 Å². The van der Waals surface area contributed by atoms with E-state index in [0.29, 0.717) is 5.56 Å². The van der Waals surface area contributed by atoms with Crippen molar-refractivity contribution in [1.29, 1.82) is 0 Å². The maximum Gasteiger partial charge on any atom is 0.253 e. The highest BCUT2D eigenvalue weighted by Gasteiger charge is 2.26. The second kappa shape index (κ2) is 4.46. The topological polar surface area (TPSA) is 70.9 Å². The van der Waals surface area contributed by atoms with Crippen LogP contribution in [0.3, 0.4) is 0 Å². The fourth-order valence-corrected chi connectivity index (χ4v) is 2.69. The fourth-order valence-electron chi connectivity index (χ4n) is 2.69. The molecule has 0 spiro atoms. The van der Waals surface area contributed by atoms with Crippen LogP contribution in [-0.2, 0) is 0 Å². The fraction of sp³-hybridized carbons (Fsp3) is 0.357. The number of carbonyl (C=O) groups excluding carboxylic acids is 1. The average Bonchev–Trinajstić information content (AvgIpc) is 2.98. The standard InChI is InChI=1S/C14H17N3O/c15-11-5-2-6-12(11)17-14(18)10-4-1-3-9-7-8-16-13(9)10/h1,3-4,7-8,11-12,16H,2,5-6,15H2,(H,17,18). The van der Waals surface area contributed by atoms with Gasteiger partial charge in [0.1, 0.15) is 0 Å².